The van der Waals surface area contributed by atoms with Gasteiger partial charge in [-0.25, -0.2) is 0 Å². The fourth-order valence-electron chi connectivity index (χ4n) is 2.89. The molecule has 0 aliphatic carbocycles. The van der Waals surface area contributed by atoms with Gasteiger partial charge in [-0.05, 0) is 56.7 Å². The van der Waals surface area contributed by atoms with E-state index in [0.717, 1.165) is 24.3 Å². The molecule has 0 heterocycles. The van der Waals surface area contributed by atoms with E-state index in [-0.39, 0.29) is 24.8 Å². The normalized spacial score (nSPS) is 10.2. The third kappa shape index (κ3) is 6.34. The Morgan fingerprint density at radius 3 is 2.14 bits per heavy atom. The number of aryl methyl sites for hydroxylation is 1. The molecular weight excluding hydrogens is 368 g/mol. The highest BCUT2D eigenvalue weighted by Crippen LogP contribution is 2.14. The molecule has 0 aliphatic rings. The summed E-state index contributed by atoms with van der Waals surface area (Å²) in [7, 11) is 0. The minimum absolute atomic E-state index is 0.0544. The number of carbonyl (C=O) groups is 3. The lowest BCUT2D eigenvalue weighted by Crippen LogP contribution is -2.42. The van der Waals surface area contributed by atoms with Crippen molar-refractivity contribution in [3.05, 3.63) is 65.2 Å². The Hall–Kier alpha value is -3.35. The van der Waals surface area contributed by atoms with Crippen LogP contribution in [0.2, 0.25) is 0 Å². The predicted octanol–water partition coefficient (Wildman–Crippen LogP) is 2.42. The molecule has 0 unspecified atom stereocenters. The number of benzene rings is 2. The fourth-order valence-corrected chi connectivity index (χ4v) is 2.89. The Labute approximate surface area is 171 Å². The van der Waals surface area contributed by atoms with Gasteiger partial charge in [-0.1, -0.05) is 18.2 Å². The smallest absolute Gasteiger partial charge is 0.269 e. The van der Waals surface area contributed by atoms with E-state index in [4.69, 9.17) is 0 Å². The van der Waals surface area contributed by atoms with Crippen LogP contribution in [0, 0.1) is 6.92 Å². The first-order valence-electron chi connectivity index (χ1n) is 9.74. The van der Waals surface area contributed by atoms with Crippen LogP contribution in [0.5, 0.6) is 0 Å². The van der Waals surface area contributed by atoms with Crippen LogP contribution in [-0.4, -0.2) is 37.4 Å². The average molecular weight is 396 g/mol. The molecule has 3 amide bonds. The van der Waals surface area contributed by atoms with Gasteiger partial charge in [0.05, 0.1) is 0 Å². The van der Waals surface area contributed by atoms with Crippen molar-refractivity contribution in [3.8, 4) is 0 Å². The monoisotopic (exact) mass is 396 g/mol. The second kappa shape index (κ2) is 10.8. The van der Waals surface area contributed by atoms with Gasteiger partial charge >= 0.3 is 0 Å². The number of rotatable bonds is 8. The molecular formula is C22H28N4O3. The summed E-state index contributed by atoms with van der Waals surface area (Å²) < 4.78 is 0. The molecule has 0 saturated heterocycles. The molecule has 0 radical (unpaired) electrons. The highest BCUT2D eigenvalue weighted by Gasteiger charge is 2.11. The van der Waals surface area contributed by atoms with Gasteiger partial charge in [-0.2, -0.15) is 0 Å². The molecule has 0 atom stereocenters. The lowest BCUT2D eigenvalue weighted by atomic mass is 10.1. The highest BCUT2D eigenvalue weighted by molar-refractivity contribution is 5.96. The summed E-state index contributed by atoms with van der Waals surface area (Å²) >= 11 is 0. The summed E-state index contributed by atoms with van der Waals surface area (Å²) in [5, 5.41) is 2.70. The number of nitrogens with zero attached hydrogens (tertiary/aromatic N) is 1. The number of hydrogen-bond donors (Lipinski definition) is 3. The van der Waals surface area contributed by atoms with Crippen molar-refractivity contribution >= 4 is 23.4 Å². The summed E-state index contributed by atoms with van der Waals surface area (Å²) in [6.45, 7) is 7.95. The second-order valence-electron chi connectivity index (χ2n) is 6.54. The zero-order valence-electron chi connectivity index (χ0n) is 17.1. The predicted molar refractivity (Wildman–Crippen MR) is 114 cm³/mol. The van der Waals surface area contributed by atoms with E-state index < -0.39 is 5.91 Å². The SMILES string of the molecule is CCN(CC)c1ccc(C(=O)NNC(=O)CCNC(=O)c2ccccc2C)cc1. The van der Waals surface area contributed by atoms with Gasteiger partial charge in [0, 0.05) is 42.9 Å². The second-order valence-corrected chi connectivity index (χ2v) is 6.54. The molecule has 0 fully saturated rings. The van der Waals surface area contributed by atoms with Gasteiger partial charge in [0.25, 0.3) is 11.8 Å². The minimum atomic E-state index is -0.395. The first-order valence-corrected chi connectivity index (χ1v) is 9.74. The van der Waals surface area contributed by atoms with E-state index in [0.29, 0.717) is 11.1 Å². The summed E-state index contributed by atoms with van der Waals surface area (Å²) in [5.41, 5.74) is 7.70. The third-order valence-corrected chi connectivity index (χ3v) is 4.60. The lowest BCUT2D eigenvalue weighted by molar-refractivity contribution is -0.121. The maximum Gasteiger partial charge on any atom is 0.269 e. The Balaban J connectivity index is 1.75. The molecule has 0 spiro atoms. The van der Waals surface area contributed by atoms with Gasteiger partial charge in [0.1, 0.15) is 0 Å². The van der Waals surface area contributed by atoms with Crippen molar-refractivity contribution in [2.24, 2.45) is 0 Å². The number of nitrogens with one attached hydrogen (secondary N) is 3. The quantitative estimate of drug-likeness (QED) is 0.598. The zero-order valence-corrected chi connectivity index (χ0v) is 17.1. The van der Waals surface area contributed by atoms with Gasteiger partial charge in [-0.3, -0.25) is 25.2 Å². The highest BCUT2D eigenvalue weighted by atomic mass is 16.2. The van der Waals surface area contributed by atoms with Crippen LogP contribution in [0.3, 0.4) is 0 Å². The fraction of sp³-hybridized carbons (Fsp3) is 0.318. The maximum atomic E-state index is 12.2. The van der Waals surface area contributed by atoms with Gasteiger partial charge < -0.3 is 10.2 Å². The number of anilines is 1. The van der Waals surface area contributed by atoms with Crippen LogP contribution >= 0.6 is 0 Å². The number of hydrazine groups is 1. The van der Waals surface area contributed by atoms with Gasteiger partial charge in [-0.15, -0.1) is 0 Å². The van der Waals surface area contributed by atoms with Crippen LogP contribution in [-0.2, 0) is 4.79 Å². The van der Waals surface area contributed by atoms with E-state index in [1.807, 2.05) is 31.2 Å². The van der Waals surface area contributed by atoms with Crippen LogP contribution in [0.1, 0.15) is 46.5 Å². The zero-order chi connectivity index (χ0) is 21.2. The average Bonchev–Trinajstić information content (AvgIpc) is 2.73. The first kappa shape index (κ1) is 21.9. The molecule has 2 aromatic carbocycles. The molecule has 154 valence electrons. The molecule has 0 aliphatic heterocycles. The topological polar surface area (TPSA) is 90.5 Å². The van der Waals surface area contributed by atoms with E-state index in [2.05, 4.69) is 34.9 Å². The summed E-state index contributed by atoms with van der Waals surface area (Å²) in [4.78, 5) is 38.3. The van der Waals surface area contributed by atoms with Crippen LogP contribution in [0.4, 0.5) is 5.69 Å². The molecule has 2 aromatic rings. The van der Waals surface area contributed by atoms with Crippen molar-refractivity contribution in [1.29, 1.82) is 0 Å². The van der Waals surface area contributed by atoms with Crippen LogP contribution in [0.15, 0.2) is 48.5 Å². The van der Waals surface area contributed by atoms with Crippen molar-refractivity contribution in [2.75, 3.05) is 24.5 Å². The largest absolute Gasteiger partial charge is 0.372 e. The molecule has 0 aromatic heterocycles. The lowest BCUT2D eigenvalue weighted by Gasteiger charge is -2.21. The molecule has 3 N–H and O–H groups in total. The van der Waals surface area contributed by atoms with Crippen molar-refractivity contribution in [2.45, 2.75) is 27.2 Å². The van der Waals surface area contributed by atoms with E-state index in [9.17, 15) is 14.4 Å². The Bertz CT molecular complexity index is 845. The minimum Gasteiger partial charge on any atom is -0.372 e. The van der Waals surface area contributed by atoms with Crippen LogP contribution in [0.25, 0.3) is 0 Å². The molecule has 7 heteroatoms. The number of amides is 3. The Morgan fingerprint density at radius 1 is 0.862 bits per heavy atom. The molecule has 0 saturated carbocycles. The Morgan fingerprint density at radius 2 is 1.52 bits per heavy atom. The van der Waals surface area contributed by atoms with E-state index >= 15 is 0 Å². The third-order valence-electron chi connectivity index (χ3n) is 4.60. The summed E-state index contributed by atoms with van der Waals surface area (Å²) in [5.74, 6) is -1.01. The van der Waals surface area contributed by atoms with Crippen molar-refractivity contribution in [3.63, 3.8) is 0 Å². The maximum absolute atomic E-state index is 12.2. The first-order chi connectivity index (χ1) is 14.0. The van der Waals surface area contributed by atoms with Gasteiger partial charge in [0.15, 0.2) is 0 Å². The number of carbonyl (C=O) groups excluding carboxylic acids is 3. The van der Waals surface area contributed by atoms with E-state index in [1.54, 1.807) is 24.3 Å². The van der Waals surface area contributed by atoms with Crippen LogP contribution < -0.4 is 21.1 Å². The summed E-state index contributed by atoms with van der Waals surface area (Å²) in [6, 6.07) is 14.4. The van der Waals surface area contributed by atoms with E-state index in [1.165, 1.54) is 0 Å². The van der Waals surface area contributed by atoms with Crippen molar-refractivity contribution in [1.82, 2.24) is 16.2 Å². The number of hydrogen-bond acceptors (Lipinski definition) is 4. The molecule has 7 nitrogen and oxygen atoms in total. The molecule has 0 bridgehead atoms. The van der Waals surface area contributed by atoms with Gasteiger partial charge in [0.2, 0.25) is 5.91 Å². The molecule has 29 heavy (non-hydrogen) atoms. The Kier molecular flexibility index (Phi) is 8.21. The standard InChI is InChI=1S/C22H28N4O3/c1-4-26(5-2)18-12-10-17(11-13-18)21(28)25-24-20(27)14-15-23-22(29)19-9-7-6-8-16(19)3/h6-13H,4-5,14-15H2,1-3H3,(H,23,29)(H,24,27)(H,25,28). The molecule has 2 rings (SSSR count). The summed E-state index contributed by atoms with van der Waals surface area (Å²) in [6.07, 6.45) is 0.0544. The van der Waals surface area contributed by atoms with Crippen molar-refractivity contribution < 1.29 is 14.4 Å².